The van der Waals surface area contributed by atoms with Gasteiger partial charge in [-0.1, -0.05) is 30.3 Å². The Kier molecular flexibility index (Phi) is 4.90. The molecule has 0 unspecified atom stereocenters. The van der Waals surface area contributed by atoms with Crippen molar-refractivity contribution < 1.29 is 19.2 Å². The standard InChI is InChI=1S/C23H29N3O4/c1-14-21(28)26(12-20(27)25-30-13-15-5-3-2-4-6-15)22(29)23(24-14)18-8-16-7-17(10-18)11-19(23)9-16/h2-6,14,16-19,24H,7-13H2,1H3,(H,25,27)/t14-,16?,17?,18?,19?,23?/m0/s1. The summed E-state index contributed by atoms with van der Waals surface area (Å²) in [6.07, 6.45) is 5.48. The normalized spacial score (nSPS) is 37.1. The van der Waals surface area contributed by atoms with Crippen molar-refractivity contribution >= 4 is 17.7 Å². The zero-order valence-corrected chi connectivity index (χ0v) is 17.3. The van der Waals surface area contributed by atoms with Gasteiger partial charge in [0.05, 0.1) is 12.6 Å². The molecule has 4 bridgehead atoms. The van der Waals surface area contributed by atoms with Gasteiger partial charge in [0, 0.05) is 0 Å². The second-order valence-electron chi connectivity index (χ2n) is 9.57. The molecule has 3 amide bonds. The van der Waals surface area contributed by atoms with Crippen LogP contribution in [0.15, 0.2) is 30.3 Å². The van der Waals surface area contributed by atoms with E-state index in [1.54, 1.807) is 6.92 Å². The maximum atomic E-state index is 13.6. The SMILES string of the molecule is C[C@@H]1NC2(C(=O)N(CC(=O)NOCc3ccccc3)C1=O)C1CC3CC(C1)CC2C3. The van der Waals surface area contributed by atoms with Crippen LogP contribution in [0.25, 0.3) is 0 Å². The van der Waals surface area contributed by atoms with Gasteiger partial charge in [0.1, 0.15) is 12.1 Å². The summed E-state index contributed by atoms with van der Waals surface area (Å²) in [6, 6.07) is 9.01. The number of hydrogen-bond acceptors (Lipinski definition) is 5. The number of imide groups is 1. The fourth-order valence-electron chi connectivity index (χ4n) is 6.65. The summed E-state index contributed by atoms with van der Waals surface area (Å²) in [6.45, 7) is 1.73. The molecule has 4 saturated carbocycles. The van der Waals surface area contributed by atoms with Crippen LogP contribution in [0.4, 0.5) is 0 Å². The van der Waals surface area contributed by atoms with E-state index in [9.17, 15) is 14.4 Å². The van der Waals surface area contributed by atoms with E-state index in [0.717, 1.165) is 31.2 Å². The number of hydroxylamine groups is 1. The van der Waals surface area contributed by atoms with Crippen molar-refractivity contribution in [2.75, 3.05) is 6.54 Å². The molecule has 1 aromatic carbocycles. The Labute approximate surface area is 176 Å². The molecule has 5 fully saturated rings. The number of piperazine rings is 1. The van der Waals surface area contributed by atoms with E-state index >= 15 is 0 Å². The van der Waals surface area contributed by atoms with Gasteiger partial charge in [-0.2, -0.15) is 0 Å². The second-order valence-corrected chi connectivity index (χ2v) is 9.57. The van der Waals surface area contributed by atoms with Crippen molar-refractivity contribution in [1.29, 1.82) is 0 Å². The van der Waals surface area contributed by atoms with Gasteiger partial charge >= 0.3 is 0 Å². The van der Waals surface area contributed by atoms with Gasteiger partial charge < -0.3 is 0 Å². The van der Waals surface area contributed by atoms with Crippen molar-refractivity contribution in [2.45, 2.75) is 57.2 Å². The van der Waals surface area contributed by atoms with Crippen LogP contribution in [0, 0.1) is 23.7 Å². The molecule has 7 nitrogen and oxygen atoms in total. The van der Waals surface area contributed by atoms with E-state index < -0.39 is 17.5 Å². The van der Waals surface area contributed by atoms with E-state index in [1.165, 1.54) is 11.3 Å². The lowest BCUT2D eigenvalue weighted by Crippen LogP contribution is -2.78. The Hall–Kier alpha value is -2.25. The molecule has 2 N–H and O–H groups in total. The van der Waals surface area contributed by atoms with Crippen molar-refractivity contribution in [3.05, 3.63) is 35.9 Å². The Morgan fingerprint density at radius 1 is 1.10 bits per heavy atom. The molecule has 6 rings (SSSR count). The van der Waals surface area contributed by atoms with Crippen LogP contribution >= 0.6 is 0 Å². The van der Waals surface area contributed by atoms with Crippen LogP contribution in [-0.2, 0) is 25.8 Å². The molecule has 160 valence electrons. The molecule has 1 saturated heterocycles. The summed E-state index contributed by atoms with van der Waals surface area (Å²) in [5.74, 6) is 0.914. The Bertz CT molecular complexity index is 827. The van der Waals surface area contributed by atoms with Crippen LogP contribution in [0.2, 0.25) is 0 Å². The molecule has 7 heteroatoms. The van der Waals surface area contributed by atoms with Gasteiger partial charge in [0.2, 0.25) is 5.91 Å². The number of benzene rings is 1. The van der Waals surface area contributed by atoms with Crippen LogP contribution in [0.1, 0.15) is 44.6 Å². The fourth-order valence-corrected chi connectivity index (χ4v) is 6.65. The molecular weight excluding hydrogens is 382 g/mol. The molecule has 1 heterocycles. The number of amides is 3. The molecule has 1 aliphatic heterocycles. The summed E-state index contributed by atoms with van der Waals surface area (Å²) >= 11 is 0. The molecule has 1 spiro atoms. The summed E-state index contributed by atoms with van der Waals surface area (Å²) in [4.78, 5) is 45.4. The Balaban J connectivity index is 1.28. The average Bonchev–Trinajstić information content (AvgIpc) is 2.73. The first kappa shape index (κ1) is 19.7. The van der Waals surface area contributed by atoms with Gasteiger partial charge in [-0.15, -0.1) is 0 Å². The highest BCUT2D eigenvalue weighted by Gasteiger charge is 2.64. The summed E-state index contributed by atoms with van der Waals surface area (Å²) < 4.78 is 0. The predicted molar refractivity (Wildman–Crippen MR) is 108 cm³/mol. The third-order valence-electron chi connectivity index (χ3n) is 7.69. The average molecular weight is 412 g/mol. The van der Waals surface area contributed by atoms with Crippen LogP contribution in [0.3, 0.4) is 0 Å². The number of rotatable bonds is 5. The molecule has 4 aliphatic carbocycles. The predicted octanol–water partition coefficient (Wildman–Crippen LogP) is 1.78. The van der Waals surface area contributed by atoms with Gasteiger partial charge in [-0.3, -0.25) is 29.4 Å². The van der Waals surface area contributed by atoms with Crippen molar-refractivity contribution in [1.82, 2.24) is 15.7 Å². The van der Waals surface area contributed by atoms with Crippen molar-refractivity contribution in [3.63, 3.8) is 0 Å². The zero-order chi connectivity index (χ0) is 20.9. The van der Waals surface area contributed by atoms with Gasteiger partial charge in [0.15, 0.2) is 0 Å². The van der Waals surface area contributed by atoms with E-state index in [-0.39, 0.29) is 36.8 Å². The van der Waals surface area contributed by atoms with Crippen LogP contribution < -0.4 is 10.8 Å². The third-order valence-corrected chi connectivity index (χ3v) is 7.69. The number of hydrogen-bond donors (Lipinski definition) is 2. The highest BCUT2D eigenvalue weighted by molar-refractivity contribution is 6.07. The monoisotopic (exact) mass is 411 g/mol. The Morgan fingerprint density at radius 2 is 1.73 bits per heavy atom. The largest absolute Gasteiger partial charge is 0.292 e. The topological polar surface area (TPSA) is 87.7 Å². The number of nitrogens with zero attached hydrogens (tertiary/aromatic N) is 1. The lowest BCUT2D eigenvalue weighted by molar-refractivity contribution is -0.175. The zero-order valence-electron chi connectivity index (χ0n) is 17.3. The highest BCUT2D eigenvalue weighted by atomic mass is 16.6. The molecule has 5 aliphatic rings. The van der Waals surface area contributed by atoms with E-state index in [0.29, 0.717) is 11.8 Å². The molecule has 0 radical (unpaired) electrons. The van der Waals surface area contributed by atoms with E-state index in [2.05, 4.69) is 10.8 Å². The summed E-state index contributed by atoms with van der Waals surface area (Å²) in [5, 5.41) is 3.44. The quantitative estimate of drug-likeness (QED) is 0.570. The first-order valence-electron chi connectivity index (χ1n) is 11.1. The maximum absolute atomic E-state index is 13.6. The number of carbonyl (C=O) groups excluding carboxylic acids is 3. The van der Waals surface area contributed by atoms with Crippen molar-refractivity contribution in [2.24, 2.45) is 23.7 Å². The lowest BCUT2D eigenvalue weighted by atomic mass is 9.47. The summed E-state index contributed by atoms with van der Waals surface area (Å²) in [5.41, 5.74) is 2.62. The second kappa shape index (κ2) is 7.46. The fraction of sp³-hybridized carbons (Fsp3) is 0.609. The lowest BCUT2D eigenvalue weighted by Gasteiger charge is -2.62. The first-order chi connectivity index (χ1) is 14.5. The van der Waals surface area contributed by atoms with E-state index in [1.807, 2.05) is 30.3 Å². The minimum Gasteiger partial charge on any atom is -0.292 e. The van der Waals surface area contributed by atoms with Crippen molar-refractivity contribution in [3.8, 4) is 0 Å². The van der Waals surface area contributed by atoms with Gasteiger partial charge in [0.25, 0.3) is 11.8 Å². The minimum atomic E-state index is -0.689. The number of carbonyl (C=O) groups is 3. The molecule has 1 atom stereocenters. The Morgan fingerprint density at radius 3 is 2.37 bits per heavy atom. The van der Waals surface area contributed by atoms with Gasteiger partial charge in [-0.05, 0) is 68.3 Å². The van der Waals surface area contributed by atoms with E-state index in [4.69, 9.17) is 4.84 Å². The molecule has 1 aromatic rings. The molecule has 30 heavy (non-hydrogen) atoms. The molecule has 0 aromatic heterocycles. The van der Waals surface area contributed by atoms with Crippen LogP contribution in [-0.4, -0.2) is 40.7 Å². The van der Waals surface area contributed by atoms with Crippen LogP contribution in [0.5, 0.6) is 0 Å². The smallest absolute Gasteiger partial charge is 0.263 e. The summed E-state index contributed by atoms with van der Waals surface area (Å²) in [7, 11) is 0. The maximum Gasteiger partial charge on any atom is 0.263 e. The number of nitrogens with one attached hydrogen (secondary N) is 2. The third kappa shape index (κ3) is 3.15. The first-order valence-corrected chi connectivity index (χ1v) is 11.1. The molecular formula is C23H29N3O4. The highest BCUT2D eigenvalue weighted by Crippen LogP contribution is 2.59. The van der Waals surface area contributed by atoms with Gasteiger partial charge in [-0.25, -0.2) is 5.48 Å². The minimum absolute atomic E-state index is 0.211.